The molecule has 0 spiro atoms. The van der Waals surface area contributed by atoms with E-state index < -0.39 is 11.2 Å². The fraction of sp³-hybridized carbons (Fsp3) is 0.800. The first kappa shape index (κ1) is 13.8. The molecule has 2 unspecified atom stereocenters. The van der Waals surface area contributed by atoms with Crippen LogP contribution in [0, 0.1) is 5.41 Å². The predicted molar refractivity (Wildman–Crippen MR) is 70.1 cm³/mol. The standard InChI is InChI=1S/C15H24O3/c1-10-11-9-15(18,13(2,3)17)8-7-14(11,4)6-5-12(10)16/h17-18H,5-9H2,1-4H3. The number of ketones is 1. The van der Waals surface area contributed by atoms with E-state index >= 15 is 0 Å². The number of aliphatic hydroxyl groups is 2. The second-order valence-electron chi connectivity index (χ2n) is 6.85. The largest absolute Gasteiger partial charge is 0.387 e. The molecular weight excluding hydrogens is 228 g/mol. The molecule has 0 aliphatic heterocycles. The van der Waals surface area contributed by atoms with Crippen molar-refractivity contribution in [2.24, 2.45) is 5.41 Å². The molecular formula is C15H24O3. The molecule has 18 heavy (non-hydrogen) atoms. The molecule has 102 valence electrons. The smallest absolute Gasteiger partial charge is 0.158 e. The fourth-order valence-corrected chi connectivity index (χ4v) is 3.36. The lowest BCUT2D eigenvalue weighted by molar-refractivity contribution is -0.150. The maximum Gasteiger partial charge on any atom is 0.158 e. The Labute approximate surface area is 109 Å². The number of carbonyl (C=O) groups excluding carboxylic acids is 1. The van der Waals surface area contributed by atoms with Crippen molar-refractivity contribution >= 4 is 5.78 Å². The maximum absolute atomic E-state index is 11.8. The van der Waals surface area contributed by atoms with Gasteiger partial charge in [0.2, 0.25) is 0 Å². The zero-order chi connectivity index (χ0) is 13.8. The normalized spacial score (nSPS) is 37.8. The summed E-state index contributed by atoms with van der Waals surface area (Å²) in [7, 11) is 0. The lowest BCUT2D eigenvalue weighted by Crippen LogP contribution is -2.54. The molecule has 2 aliphatic carbocycles. The Hall–Kier alpha value is -0.670. The minimum Gasteiger partial charge on any atom is -0.387 e. The number of rotatable bonds is 1. The van der Waals surface area contributed by atoms with Crippen molar-refractivity contribution in [2.45, 2.75) is 71.0 Å². The van der Waals surface area contributed by atoms with Gasteiger partial charge in [-0.25, -0.2) is 0 Å². The van der Waals surface area contributed by atoms with E-state index in [1.165, 1.54) is 0 Å². The molecule has 0 aromatic rings. The first-order valence-electron chi connectivity index (χ1n) is 6.77. The van der Waals surface area contributed by atoms with Gasteiger partial charge >= 0.3 is 0 Å². The lowest BCUT2D eigenvalue weighted by atomic mass is 9.58. The van der Waals surface area contributed by atoms with Crippen LogP contribution >= 0.6 is 0 Å². The summed E-state index contributed by atoms with van der Waals surface area (Å²) in [4.78, 5) is 11.8. The van der Waals surface area contributed by atoms with Crippen molar-refractivity contribution in [2.75, 3.05) is 0 Å². The molecule has 1 fully saturated rings. The molecule has 0 aromatic carbocycles. The van der Waals surface area contributed by atoms with Crippen molar-refractivity contribution in [1.29, 1.82) is 0 Å². The van der Waals surface area contributed by atoms with Crippen LogP contribution in [-0.4, -0.2) is 27.2 Å². The summed E-state index contributed by atoms with van der Waals surface area (Å²) in [6, 6.07) is 0. The molecule has 2 atom stereocenters. The molecule has 2 aliphatic rings. The number of carbonyl (C=O) groups is 1. The first-order chi connectivity index (χ1) is 8.09. The van der Waals surface area contributed by atoms with Gasteiger partial charge in [-0.15, -0.1) is 0 Å². The number of hydrogen-bond donors (Lipinski definition) is 2. The van der Waals surface area contributed by atoms with E-state index in [0.717, 1.165) is 24.0 Å². The highest BCUT2D eigenvalue weighted by molar-refractivity contribution is 5.96. The Balaban J connectivity index is 2.42. The Morgan fingerprint density at radius 3 is 2.39 bits per heavy atom. The average Bonchev–Trinajstić information content (AvgIpc) is 2.26. The molecule has 1 saturated carbocycles. The average molecular weight is 252 g/mol. The van der Waals surface area contributed by atoms with Crippen molar-refractivity contribution in [3.63, 3.8) is 0 Å². The molecule has 0 radical (unpaired) electrons. The molecule has 0 heterocycles. The van der Waals surface area contributed by atoms with Crippen LogP contribution in [-0.2, 0) is 4.79 Å². The minimum atomic E-state index is -1.14. The Morgan fingerprint density at radius 2 is 1.83 bits per heavy atom. The fourth-order valence-electron chi connectivity index (χ4n) is 3.36. The van der Waals surface area contributed by atoms with Crippen LogP contribution < -0.4 is 0 Å². The highest BCUT2D eigenvalue weighted by Crippen LogP contribution is 2.53. The summed E-state index contributed by atoms with van der Waals surface area (Å²) in [6.45, 7) is 7.35. The van der Waals surface area contributed by atoms with Gasteiger partial charge in [-0.3, -0.25) is 4.79 Å². The molecule has 0 saturated heterocycles. The van der Waals surface area contributed by atoms with Gasteiger partial charge in [0.1, 0.15) is 0 Å². The van der Waals surface area contributed by atoms with E-state index in [-0.39, 0.29) is 11.2 Å². The van der Waals surface area contributed by atoms with Gasteiger partial charge in [0.05, 0.1) is 11.2 Å². The first-order valence-corrected chi connectivity index (χ1v) is 6.77. The molecule has 3 nitrogen and oxygen atoms in total. The third kappa shape index (κ3) is 1.94. The van der Waals surface area contributed by atoms with E-state index in [2.05, 4.69) is 6.92 Å². The molecule has 2 N–H and O–H groups in total. The van der Waals surface area contributed by atoms with Crippen LogP contribution in [0.3, 0.4) is 0 Å². The van der Waals surface area contributed by atoms with Crippen LogP contribution in [0.2, 0.25) is 0 Å². The summed E-state index contributed by atoms with van der Waals surface area (Å²) in [5.74, 6) is 0.197. The van der Waals surface area contributed by atoms with E-state index in [0.29, 0.717) is 19.3 Å². The Kier molecular flexibility index (Phi) is 2.99. The second-order valence-corrected chi connectivity index (χ2v) is 6.85. The van der Waals surface area contributed by atoms with Gasteiger partial charge in [-0.2, -0.15) is 0 Å². The SMILES string of the molecule is CC1=C2CC(O)(C(C)(C)O)CCC2(C)CCC1=O. The predicted octanol–water partition coefficient (Wildman–Crippen LogP) is 2.36. The highest BCUT2D eigenvalue weighted by atomic mass is 16.4. The minimum absolute atomic E-state index is 0.0372. The van der Waals surface area contributed by atoms with Gasteiger partial charge in [-0.05, 0) is 51.0 Å². The molecule has 2 rings (SSSR count). The third-order valence-corrected chi connectivity index (χ3v) is 5.20. The maximum atomic E-state index is 11.8. The topological polar surface area (TPSA) is 57.5 Å². The van der Waals surface area contributed by atoms with Gasteiger partial charge in [0.25, 0.3) is 0 Å². The number of Topliss-reactive ketones (excluding diaryl/α,β-unsaturated/α-hetero) is 1. The van der Waals surface area contributed by atoms with Crippen LogP contribution in [0.25, 0.3) is 0 Å². The number of hydrogen-bond acceptors (Lipinski definition) is 3. The zero-order valence-electron chi connectivity index (χ0n) is 11.8. The van der Waals surface area contributed by atoms with E-state index in [1.54, 1.807) is 13.8 Å². The van der Waals surface area contributed by atoms with Gasteiger partial charge < -0.3 is 10.2 Å². The molecule has 0 amide bonds. The molecule has 0 aromatic heterocycles. The quantitative estimate of drug-likeness (QED) is 0.753. The van der Waals surface area contributed by atoms with Crippen molar-refractivity contribution in [1.82, 2.24) is 0 Å². The Morgan fingerprint density at radius 1 is 1.22 bits per heavy atom. The Bertz CT molecular complexity index is 416. The van der Waals surface area contributed by atoms with E-state index in [9.17, 15) is 15.0 Å². The second kappa shape index (κ2) is 3.91. The van der Waals surface area contributed by atoms with Gasteiger partial charge in [0, 0.05) is 12.8 Å². The zero-order valence-corrected chi connectivity index (χ0v) is 11.8. The summed E-state index contributed by atoms with van der Waals surface area (Å²) < 4.78 is 0. The van der Waals surface area contributed by atoms with Gasteiger partial charge in [0.15, 0.2) is 5.78 Å². The monoisotopic (exact) mass is 252 g/mol. The van der Waals surface area contributed by atoms with E-state index in [4.69, 9.17) is 0 Å². The summed E-state index contributed by atoms with van der Waals surface area (Å²) >= 11 is 0. The van der Waals surface area contributed by atoms with Crippen LogP contribution in [0.4, 0.5) is 0 Å². The van der Waals surface area contributed by atoms with Crippen molar-refractivity contribution in [3.05, 3.63) is 11.1 Å². The summed E-state index contributed by atoms with van der Waals surface area (Å²) in [5, 5.41) is 20.8. The lowest BCUT2D eigenvalue weighted by Gasteiger charge is -2.51. The van der Waals surface area contributed by atoms with Crippen LogP contribution in [0.5, 0.6) is 0 Å². The highest BCUT2D eigenvalue weighted by Gasteiger charge is 2.51. The number of fused-ring (bicyclic) bond motifs is 1. The van der Waals surface area contributed by atoms with Crippen molar-refractivity contribution < 1.29 is 15.0 Å². The van der Waals surface area contributed by atoms with Crippen molar-refractivity contribution in [3.8, 4) is 0 Å². The third-order valence-electron chi connectivity index (χ3n) is 5.20. The van der Waals surface area contributed by atoms with Crippen LogP contribution in [0.1, 0.15) is 59.8 Å². The molecule has 0 bridgehead atoms. The van der Waals surface area contributed by atoms with Crippen LogP contribution in [0.15, 0.2) is 11.1 Å². The number of allylic oxidation sites excluding steroid dienone is 1. The van der Waals surface area contributed by atoms with E-state index in [1.807, 2.05) is 6.92 Å². The van der Waals surface area contributed by atoms with Gasteiger partial charge in [-0.1, -0.05) is 12.5 Å². The summed E-state index contributed by atoms with van der Waals surface area (Å²) in [5.41, 5.74) is -0.334. The summed E-state index contributed by atoms with van der Waals surface area (Å²) in [6.07, 6.45) is 3.35. The molecule has 3 heteroatoms.